The molecule has 0 aliphatic heterocycles. The van der Waals surface area contributed by atoms with Crippen LogP contribution in [-0.4, -0.2) is 46.6 Å². The van der Waals surface area contributed by atoms with Crippen LogP contribution >= 0.6 is 0 Å². The number of nitrogens with one attached hydrogen (secondary N) is 1. The number of methoxy groups -OCH3 is 2. The molecule has 0 aliphatic rings. The third-order valence-corrected chi connectivity index (χ3v) is 3.34. The lowest BCUT2D eigenvalue weighted by atomic mass is 10.0. The fourth-order valence-electron chi connectivity index (χ4n) is 2.24. The summed E-state index contributed by atoms with van der Waals surface area (Å²) in [5, 5.41) is 3.54. The zero-order valence-corrected chi connectivity index (χ0v) is 13.8. The minimum atomic E-state index is 0.289. The van der Waals surface area contributed by atoms with E-state index >= 15 is 0 Å². The van der Waals surface area contributed by atoms with Crippen LogP contribution in [0.15, 0.2) is 18.2 Å². The molecule has 0 aromatic heterocycles. The van der Waals surface area contributed by atoms with E-state index in [4.69, 9.17) is 14.2 Å². The molecular formula is C17H29NO3. The van der Waals surface area contributed by atoms with Crippen molar-refractivity contribution in [3.8, 4) is 5.75 Å². The highest BCUT2D eigenvalue weighted by Gasteiger charge is 2.12. The van der Waals surface area contributed by atoms with Gasteiger partial charge in [-0.15, -0.1) is 0 Å². The van der Waals surface area contributed by atoms with Gasteiger partial charge >= 0.3 is 0 Å². The number of benzene rings is 1. The van der Waals surface area contributed by atoms with Crippen LogP contribution in [0.4, 0.5) is 0 Å². The number of rotatable bonds is 11. The van der Waals surface area contributed by atoms with Gasteiger partial charge in [0, 0.05) is 13.2 Å². The van der Waals surface area contributed by atoms with Crippen molar-refractivity contribution in [1.29, 1.82) is 0 Å². The van der Waals surface area contributed by atoms with Crippen molar-refractivity contribution in [3.63, 3.8) is 0 Å². The van der Waals surface area contributed by atoms with Gasteiger partial charge in [-0.05, 0) is 37.9 Å². The molecule has 0 amide bonds. The van der Waals surface area contributed by atoms with Crippen LogP contribution in [0.1, 0.15) is 24.5 Å². The van der Waals surface area contributed by atoms with Crippen LogP contribution in [0.5, 0.6) is 5.75 Å². The maximum atomic E-state index is 5.68. The highest BCUT2D eigenvalue weighted by molar-refractivity contribution is 5.37. The Labute approximate surface area is 128 Å². The van der Waals surface area contributed by atoms with Crippen molar-refractivity contribution < 1.29 is 14.2 Å². The van der Waals surface area contributed by atoms with Crippen LogP contribution < -0.4 is 10.1 Å². The monoisotopic (exact) mass is 295 g/mol. The summed E-state index contributed by atoms with van der Waals surface area (Å²) < 4.78 is 16.2. The summed E-state index contributed by atoms with van der Waals surface area (Å²) in [5.74, 6) is 0.945. The Morgan fingerprint density at radius 2 is 2.00 bits per heavy atom. The largest absolute Gasteiger partial charge is 0.496 e. The van der Waals surface area contributed by atoms with Crippen LogP contribution in [0.3, 0.4) is 0 Å². The Balaban J connectivity index is 2.63. The smallest absolute Gasteiger partial charge is 0.122 e. The molecule has 4 nitrogen and oxygen atoms in total. The van der Waals surface area contributed by atoms with E-state index < -0.39 is 0 Å². The van der Waals surface area contributed by atoms with E-state index in [-0.39, 0.29) is 6.04 Å². The van der Waals surface area contributed by atoms with E-state index in [1.807, 2.05) is 6.07 Å². The van der Waals surface area contributed by atoms with E-state index in [1.54, 1.807) is 14.2 Å². The van der Waals surface area contributed by atoms with E-state index in [2.05, 4.69) is 31.3 Å². The van der Waals surface area contributed by atoms with Gasteiger partial charge in [0.05, 0.1) is 26.9 Å². The molecule has 1 atom stereocenters. The topological polar surface area (TPSA) is 39.7 Å². The second-order valence-electron chi connectivity index (χ2n) is 5.24. The molecule has 1 unspecified atom stereocenters. The first-order chi connectivity index (χ1) is 10.2. The minimum Gasteiger partial charge on any atom is -0.496 e. The maximum Gasteiger partial charge on any atom is 0.122 e. The van der Waals surface area contributed by atoms with E-state index in [0.29, 0.717) is 19.8 Å². The van der Waals surface area contributed by atoms with Crippen molar-refractivity contribution in [3.05, 3.63) is 29.3 Å². The SMILES string of the molecule is CCCNC(COCCOC)Cc1cc(C)ccc1OC. The Hall–Kier alpha value is -1.10. The van der Waals surface area contributed by atoms with Crippen molar-refractivity contribution in [1.82, 2.24) is 5.32 Å². The molecule has 0 bridgehead atoms. The van der Waals surface area contributed by atoms with Crippen LogP contribution in [0, 0.1) is 6.92 Å². The first kappa shape index (κ1) is 18.0. The minimum absolute atomic E-state index is 0.289. The number of hydrogen-bond donors (Lipinski definition) is 1. The molecule has 0 saturated carbocycles. The van der Waals surface area contributed by atoms with Gasteiger partial charge in [-0.1, -0.05) is 24.6 Å². The van der Waals surface area contributed by atoms with Crippen LogP contribution in [0.2, 0.25) is 0 Å². The normalized spacial score (nSPS) is 12.4. The molecule has 0 radical (unpaired) electrons. The van der Waals surface area contributed by atoms with Gasteiger partial charge in [0.1, 0.15) is 5.75 Å². The van der Waals surface area contributed by atoms with Gasteiger partial charge in [0.15, 0.2) is 0 Å². The molecule has 21 heavy (non-hydrogen) atoms. The summed E-state index contributed by atoms with van der Waals surface area (Å²) in [4.78, 5) is 0. The van der Waals surface area contributed by atoms with Crippen molar-refractivity contribution >= 4 is 0 Å². The lowest BCUT2D eigenvalue weighted by Gasteiger charge is -2.20. The zero-order chi connectivity index (χ0) is 15.5. The standard InChI is InChI=1S/C17H29NO3/c1-5-8-18-16(13-21-10-9-19-3)12-15-11-14(2)6-7-17(15)20-4/h6-7,11,16,18H,5,8-10,12-13H2,1-4H3. The third-order valence-electron chi connectivity index (χ3n) is 3.34. The second-order valence-corrected chi connectivity index (χ2v) is 5.24. The average molecular weight is 295 g/mol. The fraction of sp³-hybridized carbons (Fsp3) is 0.647. The fourth-order valence-corrected chi connectivity index (χ4v) is 2.24. The Bertz CT molecular complexity index is 396. The quantitative estimate of drug-likeness (QED) is 0.637. The van der Waals surface area contributed by atoms with Gasteiger partial charge in [0.2, 0.25) is 0 Å². The first-order valence-electron chi connectivity index (χ1n) is 7.64. The number of ether oxygens (including phenoxy) is 3. The summed E-state index contributed by atoms with van der Waals surface area (Å²) in [6, 6.07) is 6.59. The highest BCUT2D eigenvalue weighted by atomic mass is 16.5. The molecule has 0 saturated heterocycles. The average Bonchev–Trinajstić information content (AvgIpc) is 2.49. The molecule has 0 spiro atoms. The molecule has 1 aromatic carbocycles. The summed E-state index contributed by atoms with van der Waals surface area (Å²) in [7, 11) is 3.41. The lowest BCUT2D eigenvalue weighted by Crippen LogP contribution is -2.36. The van der Waals surface area contributed by atoms with Crippen molar-refractivity contribution in [2.75, 3.05) is 40.6 Å². The van der Waals surface area contributed by atoms with Crippen molar-refractivity contribution in [2.24, 2.45) is 0 Å². The van der Waals surface area contributed by atoms with Gasteiger partial charge in [0.25, 0.3) is 0 Å². The van der Waals surface area contributed by atoms with Crippen LogP contribution in [-0.2, 0) is 15.9 Å². The Morgan fingerprint density at radius 3 is 2.67 bits per heavy atom. The summed E-state index contributed by atoms with van der Waals surface area (Å²) in [6.07, 6.45) is 2.01. The molecule has 0 fully saturated rings. The summed E-state index contributed by atoms with van der Waals surface area (Å²) >= 11 is 0. The predicted molar refractivity (Wildman–Crippen MR) is 86.2 cm³/mol. The lowest BCUT2D eigenvalue weighted by molar-refractivity contribution is 0.0586. The molecule has 1 aromatic rings. The molecule has 120 valence electrons. The molecule has 1 rings (SSSR count). The van der Waals surface area contributed by atoms with E-state index in [0.717, 1.165) is 25.1 Å². The van der Waals surface area contributed by atoms with Gasteiger partial charge in [-0.25, -0.2) is 0 Å². The summed E-state index contributed by atoms with van der Waals surface area (Å²) in [6.45, 7) is 7.21. The van der Waals surface area contributed by atoms with Gasteiger partial charge in [-0.2, -0.15) is 0 Å². The first-order valence-corrected chi connectivity index (χ1v) is 7.64. The molecule has 0 aliphatic carbocycles. The van der Waals surface area contributed by atoms with Gasteiger partial charge < -0.3 is 19.5 Å². The highest BCUT2D eigenvalue weighted by Crippen LogP contribution is 2.21. The van der Waals surface area contributed by atoms with Gasteiger partial charge in [-0.3, -0.25) is 0 Å². The van der Waals surface area contributed by atoms with E-state index in [1.165, 1.54) is 11.1 Å². The predicted octanol–water partition coefficient (Wildman–Crippen LogP) is 2.58. The molecular weight excluding hydrogens is 266 g/mol. The van der Waals surface area contributed by atoms with E-state index in [9.17, 15) is 0 Å². The molecule has 0 heterocycles. The van der Waals surface area contributed by atoms with Crippen LogP contribution in [0.25, 0.3) is 0 Å². The maximum absolute atomic E-state index is 5.68. The Morgan fingerprint density at radius 1 is 1.19 bits per heavy atom. The Kier molecular flexibility index (Phi) is 9.06. The van der Waals surface area contributed by atoms with Crippen molar-refractivity contribution in [2.45, 2.75) is 32.7 Å². The zero-order valence-electron chi connectivity index (χ0n) is 13.8. The molecule has 4 heteroatoms. The molecule has 1 N–H and O–H groups in total. The third kappa shape index (κ3) is 6.93. The number of hydrogen-bond acceptors (Lipinski definition) is 4. The second kappa shape index (κ2) is 10.6. The number of aryl methyl sites for hydroxylation is 1. The summed E-state index contributed by atoms with van der Waals surface area (Å²) in [5.41, 5.74) is 2.47.